The first kappa shape index (κ1) is 7.30. The standard InChI is InChI=1S/C7H6N4S/c8-6-5-4(2-1-3-9-5)10-7(12)11-6/h1-3H,(H3,8,10,11,12). The summed E-state index contributed by atoms with van der Waals surface area (Å²) >= 11 is 4.00. The van der Waals surface area contributed by atoms with Gasteiger partial charge in [0.25, 0.3) is 0 Å². The second-order valence-electron chi connectivity index (χ2n) is 2.28. The van der Waals surface area contributed by atoms with Gasteiger partial charge >= 0.3 is 0 Å². The van der Waals surface area contributed by atoms with E-state index in [4.69, 9.17) is 5.73 Å². The SMILES string of the molecule is Nc1nc(S)nc2cccnc12. The minimum Gasteiger partial charge on any atom is -0.382 e. The zero-order chi connectivity index (χ0) is 8.55. The minimum atomic E-state index is 0.366. The van der Waals surface area contributed by atoms with Gasteiger partial charge in [0.15, 0.2) is 11.0 Å². The van der Waals surface area contributed by atoms with E-state index in [1.54, 1.807) is 12.3 Å². The summed E-state index contributed by atoms with van der Waals surface area (Å²) in [6.45, 7) is 0. The Hall–Kier alpha value is -1.36. The molecule has 0 bridgehead atoms. The van der Waals surface area contributed by atoms with Crippen molar-refractivity contribution in [2.24, 2.45) is 0 Å². The van der Waals surface area contributed by atoms with Gasteiger partial charge in [-0.15, -0.1) is 12.6 Å². The number of nitrogens with zero attached hydrogens (tertiary/aromatic N) is 3. The van der Waals surface area contributed by atoms with Crippen LogP contribution in [0.5, 0.6) is 0 Å². The van der Waals surface area contributed by atoms with Crippen LogP contribution in [0.1, 0.15) is 0 Å². The van der Waals surface area contributed by atoms with E-state index in [2.05, 4.69) is 27.6 Å². The van der Waals surface area contributed by atoms with Gasteiger partial charge in [0.2, 0.25) is 0 Å². The highest BCUT2D eigenvalue weighted by molar-refractivity contribution is 7.80. The lowest BCUT2D eigenvalue weighted by Gasteiger charge is -1.98. The maximum absolute atomic E-state index is 5.59. The Morgan fingerprint density at radius 3 is 3.00 bits per heavy atom. The van der Waals surface area contributed by atoms with E-state index < -0.39 is 0 Å². The number of aromatic nitrogens is 3. The van der Waals surface area contributed by atoms with Gasteiger partial charge in [-0.05, 0) is 12.1 Å². The second-order valence-corrected chi connectivity index (χ2v) is 2.68. The molecule has 5 heteroatoms. The van der Waals surface area contributed by atoms with Crippen LogP contribution in [0, 0.1) is 0 Å². The molecule has 0 radical (unpaired) electrons. The molecule has 4 nitrogen and oxygen atoms in total. The first-order valence-electron chi connectivity index (χ1n) is 3.34. The topological polar surface area (TPSA) is 64.7 Å². The number of fused-ring (bicyclic) bond motifs is 1. The largest absolute Gasteiger partial charge is 0.382 e. The zero-order valence-electron chi connectivity index (χ0n) is 6.10. The molecule has 0 aliphatic carbocycles. The smallest absolute Gasteiger partial charge is 0.187 e. The molecule has 0 aliphatic heterocycles. The van der Waals surface area contributed by atoms with Gasteiger partial charge in [-0.2, -0.15) is 0 Å². The van der Waals surface area contributed by atoms with Crippen LogP contribution in [-0.2, 0) is 0 Å². The highest BCUT2D eigenvalue weighted by atomic mass is 32.1. The van der Waals surface area contributed by atoms with Crippen LogP contribution in [0.25, 0.3) is 11.0 Å². The van der Waals surface area contributed by atoms with E-state index >= 15 is 0 Å². The van der Waals surface area contributed by atoms with Crippen LogP contribution in [0.4, 0.5) is 5.82 Å². The fourth-order valence-electron chi connectivity index (χ4n) is 0.978. The highest BCUT2D eigenvalue weighted by Crippen LogP contribution is 2.15. The average Bonchev–Trinajstić information content (AvgIpc) is 2.04. The van der Waals surface area contributed by atoms with Crippen LogP contribution in [0.3, 0.4) is 0 Å². The molecule has 2 heterocycles. The van der Waals surface area contributed by atoms with Crippen molar-refractivity contribution in [2.75, 3.05) is 5.73 Å². The zero-order valence-corrected chi connectivity index (χ0v) is 6.99. The van der Waals surface area contributed by atoms with Gasteiger partial charge in [-0.3, -0.25) is 4.98 Å². The van der Waals surface area contributed by atoms with Crippen molar-refractivity contribution in [1.29, 1.82) is 0 Å². The van der Waals surface area contributed by atoms with E-state index in [1.807, 2.05) is 6.07 Å². The molecule has 0 saturated heterocycles. The van der Waals surface area contributed by atoms with Crippen molar-refractivity contribution in [2.45, 2.75) is 5.16 Å². The first-order valence-corrected chi connectivity index (χ1v) is 3.79. The quantitative estimate of drug-likeness (QED) is 0.464. The summed E-state index contributed by atoms with van der Waals surface area (Å²) in [5.41, 5.74) is 6.93. The Kier molecular flexibility index (Phi) is 1.58. The Labute approximate surface area is 74.3 Å². The van der Waals surface area contributed by atoms with Gasteiger partial charge < -0.3 is 5.73 Å². The van der Waals surface area contributed by atoms with Crippen LogP contribution in [0.2, 0.25) is 0 Å². The number of anilines is 1. The monoisotopic (exact) mass is 178 g/mol. The van der Waals surface area contributed by atoms with E-state index in [0.29, 0.717) is 16.5 Å². The lowest BCUT2D eigenvalue weighted by Crippen LogP contribution is -1.96. The van der Waals surface area contributed by atoms with Gasteiger partial charge in [0.1, 0.15) is 5.52 Å². The van der Waals surface area contributed by atoms with E-state index in [-0.39, 0.29) is 0 Å². The van der Waals surface area contributed by atoms with Gasteiger partial charge in [-0.25, -0.2) is 9.97 Å². The molecule has 2 N–H and O–H groups in total. The number of rotatable bonds is 0. The molecule has 0 aromatic carbocycles. The van der Waals surface area contributed by atoms with Crippen molar-refractivity contribution in [3.05, 3.63) is 18.3 Å². The molecule has 0 aliphatic rings. The third-order valence-corrected chi connectivity index (χ3v) is 1.67. The molecule has 2 aromatic rings. The first-order chi connectivity index (χ1) is 5.77. The Balaban J connectivity index is 2.89. The van der Waals surface area contributed by atoms with Crippen molar-refractivity contribution >= 4 is 29.5 Å². The highest BCUT2D eigenvalue weighted by Gasteiger charge is 2.01. The Morgan fingerprint density at radius 1 is 1.33 bits per heavy atom. The van der Waals surface area contributed by atoms with Crippen molar-refractivity contribution < 1.29 is 0 Å². The summed E-state index contributed by atoms with van der Waals surface area (Å²) in [5, 5.41) is 0.369. The van der Waals surface area contributed by atoms with Crippen LogP contribution < -0.4 is 5.73 Å². The molecule has 60 valence electrons. The fourth-order valence-corrected chi connectivity index (χ4v) is 1.19. The molecule has 2 aromatic heterocycles. The van der Waals surface area contributed by atoms with Crippen molar-refractivity contribution in [3.63, 3.8) is 0 Å². The van der Waals surface area contributed by atoms with Crippen molar-refractivity contribution in [3.8, 4) is 0 Å². The van der Waals surface area contributed by atoms with Crippen LogP contribution >= 0.6 is 12.6 Å². The molecule has 0 amide bonds. The fraction of sp³-hybridized carbons (Fsp3) is 0. The molecular formula is C7H6N4S. The molecule has 0 unspecified atom stereocenters. The van der Waals surface area contributed by atoms with Gasteiger partial charge in [0.05, 0.1) is 5.52 Å². The van der Waals surface area contributed by atoms with Gasteiger partial charge in [-0.1, -0.05) is 0 Å². The summed E-state index contributed by atoms with van der Waals surface area (Å²) in [6, 6.07) is 3.61. The summed E-state index contributed by atoms with van der Waals surface area (Å²) in [4.78, 5) is 12.0. The summed E-state index contributed by atoms with van der Waals surface area (Å²) in [7, 11) is 0. The van der Waals surface area contributed by atoms with Crippen LogP contribution in [0.15, 0.2) is 23.5 Å². The minimum absolute atomic E-state index is 0.366. The predicted octanol–water partition coefficient (Wildman–Crippen LogP) is 0.896. The number of nitrogens with two attached hydrogens (primary N) is 1. The van der Waals surface area contributed by atoms with E-state index in [0.717, 1.165) is 5.52 Å². The molecule has 0 spiro atoms. The summed E-state index contributed by atoms with van der Waals surface area (Å²) < 4.78 is 0. The molecule has 12 heavy (non-hydrogen) atoms. The number of pyridine rings is 1. The summed E-state index contributed by atoms with van der Waals surface area (Å²) in [6.07, 6.45) is 1.65. The molecule has 0 saturated carbocycles. The maximum atomic E-state index is 5.59. The number of hydrogen-bond donors (Lipinski definition) is 2. The average molecular weight is 178 g/mol. The lowest BCUT2D eigenvalue weighted by atomic mass is 10.3. The number of hydrogen-bond acceptors (Lipinski definition) is 5. The van der Waals surface area contributed by atoms with Crippen LogP contribution in [-0.4, -0.2) is 15.0 Å². The van der Waals surface area contributed by atoms with E-state index in [9.17, 15) is 0 Å². The Bertz CT molecular complexity index is 429. The number of nitrogen functional groups attached to an aromatic ring is 1. The summed E-state index contributed by atoms with van der Waals surface area (Å²) in [5.74, 6) is 0.366. The molecule has 2 rings (SSSR count). The normalized spacial score (nSPS) is 10.4. The lowest BCUT2D eigenvalue weighted by molar-refractivity contribution is 1.01. The van der Waals surface area contributed by atoms with Gasteiger partial charge in [0, 0.05) is 6.20 Å². The second kappa shape index (κ2) is 2.60. The number of thiol groups is 1. The predicted molar refractivity (Wildman–Crippen MR) is 49.0 cm³/mol. The maximum Gasteiger partial charge on any atom is 0.187 e. The molecule has 0 atom stereocenters. The van der Waals surface area contributed by atoms with Crippen molar-refractivity contribution in [1.82, 2.24) is 15.0 Å². The Morgan fingerprint density at radius 2 is 2.17 bits per heavy atom. The third kappa shape index (κ3) is 1.08. The molecule has 0 fully saturated rings. The van der Waals surface area contributed by atoms with E-state index in [1.165, 1.54) is 0 Å². The third-order valence-electron chi connectivity index (χ3n) is 1.47. The molecular weight excluding hydrogens is 172 g/mol.